The maximum atomic E-state index is 13.2. The summed E-state index contributed by atoms with van der Waals surface area (Å²) in [5, 5.41) is 14.3. The smallest absolute Gasteiger partial charge is 0.335 e. The number of hydrogen-bond donors (Lipinski definition) is 4. The van der Waals surface area contributed by atoms with Crippen LogP contribution in [0, 0.1) is 0 Å². The summed E-state index contributed by atoms with van der Waals surface area (Å²) in [6.07, 6.45) is 3.12. The molecular formula is C33H32N4O5. The molecule has 42 heavy (non-hydrogen) atoms. The van der Waals surface area contributed by atoms with E-state index >= 15 is 0 Å². The molecule has 0 aliphatic heterocycles. The van der Waals surface area contributed by atoms with E-state index in [1.807, 2.05) is 66.7 Å². The number of hydroxylamine groups is 1. The number of aromatic nitrogens is 2. The molecule has 0 bridgehead atoms. The number of nitrogens with one attached hydrogen (secondary N) is 3. The molecule has 214 valence electrons. The van der Waals surface area contributed by atoms with Gasteiger partial charge in [0.15, 0.2) is 0 Å². The van der Waals surface area contributed by atoms with Crippen LogP contribution in [0.2, 0.25) is 0 Å². The van der Waals surface area contributed by atoms with Gasteiger partial charge in [-0.15, -0.1) is 0 Å². The molecule has 9 nitrogen and oxygen atoms in total. The van der Waals surface area contributed by atoms with E-state index in [-0.39, 0.29) is 17.4 Å². The van der Waals surface area contributed by atoms with Crippen molar-refractivity contribution in [2.45, 2.75) is 44.8 Å². The van der Waals surface area contributed by atoms with E-state index in [0.717, 1.165) is 40.2 Å². The van der Waals surface area contributed by atoms with Crippen molar-refractivity contribution < 1.29 is 24.3 Å². The van der Waals surface area contributed by atoms with Crippen molar-refractivity contribution in [3.8, 4) is 0 Å². The summed E-state index contributed by atoms with van der Waals surface area (Å²) < 4.78 is 0. The zero-order valence-corrected chi connectivity index (χ0v) is 23.0. The molecule has 0 saturated carbocycles. The van der Waals surface area contributed by atoms with E-state index < -0.39 is 12.0 Å². The van der Waals surface area contributed by atoms with Crippen LogP contribution in [0.15, 0.2) is 91.0 Å². The average molecular weight is 565 g/mol. The summed E-state index contributed by atoms with van der Waals surface area (Å²) in [5.74, 6) is -0.906. The molecular weight excluding hydrogens is 532 g/mol. The number of aromatic carboxylic acids is 1. The summed E-state index contributed by atoms with van der Waals surface area (Å²) in [6.45, 7) is 0.305. The second kappa shape index (κ2) is 13.6. The highest BCUT2D eigenvalue weighted by atomic mass is 16.6. The van der Waals surface area contributed by atoms with Crippen LogP contribution in [0.5, 0.6) is 0 Å². The summed E-state index contributed by atoms with van der Waals surface area (Å²) >= 11 is 0. The first kappa shape index (κ1) is 28.5. The lowest BCUT2D eigenvalue weighted by Gasteiger charge is -2.17. The second-order valence-corrected chi connectivity index (χ2v) is 10.1. The summed E-state index contributed by atoms with van der Waals surface area (Å²) in [5.41, 5.74) is 5.65. The number of carbonyl (C=O) groups is 3. The first-order valence-corrected chi connectivity index (χ1v) is 13.9. The lowest BCUT2D eigenvalue weighted by molar-refractivity contribution is -0.134. The van der Waals surface area contributed by atoms with Gasteiger partial charge >= 0.3 is 5.97 Å². The molecule has 1 heterocycles. The van der Waals surface area contributed by atoms with Gasteiger partial charge in [0.05, 0.1) is 29.2 Å². The van der Waals surface area contributed by atoms with Crippen LogP contribution in [0.1, 0.15) is 70.2 Å². The van der Waals surface area contributed by atoms with Crippen LogP contribution in [0.3, 0.4) is 0 Å². The predicted molar refractivity (Wildman–Crippen MR) is 160 cm³/mol. The van der Waals surface area contributed by atoms with Crippen LogP contribution in [-0.2, 0) is 16.2 Å². The van der Waals surface area contributed by atoms with Gasteiger partial charge in [-0.05, 0) is 54.1 Å². The number of imidazole rings is 1. The van der Waals surface area contributed by atoms with Crippen LogP contribution >= 0.6 is 0 Å². The fraction of sp³-hybridized carbons (Fsp3) is 0.212. The molecule has 2 amide bonds. The Kier molecular flexibility index (Phi) is 9.20. The Hall–Kier alpha value is -5.02. The Bertz CT molecular complexity index is 1680. The Morgan fingerprint density at radius 3 is 2.36 bits per heavy atom. The monoisotopic (exact) mass is 564 g/mol. The minimum absolute atomic E-state index is 0.113. The number of aromatic amines is 1. The van der Waals surface area contributed by atoms with Crippen LogP contribution in [0.4, 0.5) is 0 Å². The number of carboxylic acids is 1. The first-order chi connectivity index (χ1) is 20.5. The predicted octanol–water partition coefficient (Wildman–Crippen LogP) is 6.08. The summed E-state index contributed by atoms with van der Waals surface area (Å²) in [4.78, 5) is 50.1. The van der Waals surface area contributed by atoms with E-state index in [1.165, 1.54) is 24.3 Å². The molecule has 5 rings (SSSR count). The second-order valence-electron chi connectivity index (χ2n) is 10.1. The molecule has 5 aromatic rings. The topological polar surface area (TPSA) is 133 Å². The van der Waals surface area contributed by atoms with E-state index in [0.29, 0.717) is 37.3 Å². The molecule has 0 aliphatic rings. The standard InChI is InChI=1S/C33H32N4O5/c38-29(37-42-21-22-9-3-1-4-10-22)14-6-2-5-13-28(35-32(39)24-15-17-25(18-16-24)33(40)41)31-34-27-20-19-23-11-7-8-12-26(23)30(27)36-31/h1,3-4,7-12,15-20,28H,2,5-6,13-14,21H2,(H,34,36)(H,35,39)(H,37,38)(H,40,41)/t28-/m0/s1. The van der Waals surface area contributed by atoms with Crippen LogP contribution < -0.4 is 10.8 Å². The lowest BCUT2D eigenvalue weighted by Crippen LogP contribution is -2.29. The maximum Gasteiger partial charge on any atom is 0.335 e. The minimum Gasteiger partial charge on any atom is -0.478 e. The number of hydrogen-bond acceptors (Lipinski definition) is 5. The molecule has 1 atom stereocenters. The third-order valence-electron chi connectivity index (χ3n) is 7.09. The Morgan fingerprint density at radius 1 is 0.833 bits per heavy atom. The number of rotatable bonds is 13. The van der Waals surface area contributed by atoms with Crippen molar-refractivity contribution in [1.29, 1.82) is 0 Å². The SMILES string of the molecule is O=C(CCCCC[C@H](NC(=O)c1ccc(C(=O)O)cc1)c1nc2c(ccc3ccccc32)[nH]1)NOCc1ccccc1. The van der Waals surface area contributed by atoms with Crippen LogP contribution in [-0.4, -0.2) is 32.9 Å². The first-order valence-electron chi connectivity index (χ1n) is 13.9. The zero-order chi connectivity index (χ0) is 29.3. The van der Waals surface area contributed by atoms with Gasteiger partial charge in [-0.2, -0.15) is 0 Å². The summed E-state index contributed by atoms with van der Waals surface area (Å²) in [6, 6.07) is 27.0. The number of H-pyrrole nitrogens is 1. The third kappa shape index (κ3) is 7.18. The Labute approximate surface area is 242 Å². The quantitative estimate of drug-likeness (QED) is 0.101. The van der Waals surface area contributed by atoms with E-state index in [4.69, 9.17) is 9.82 Å². The number of fused-ring (bicyclic) bond motifs is 3. The minimum atomic E-state index is -1.05. The highest BCUT2D eigenvalue weighted by molar-refractivity contribution is 6.04. The van der Waals surface area contributed by atoms with Crippen molar-refractivity contribution in [3.63, 3.8) is 0 Å². The number of nitrogens with zero attached hydrogens (tertiary/aromatic N) is 1. The summed E-state index contributed by atoms with van der Waals surface area (Å²) in [7, 11) is 0. The highest BCUT2D eigenvalue weighted by Crippen LogP contribution is 2.27. The van der Waals surface area contributed by atoms with Crippen LogP contribution in [0.25, 0.3) is 21.8 Å². The van der Waals surface area contributed by atoms with Gasteiger partial charge in [0.2, 0.25) is 5.91 Å². The molecule has 0 fully saturated rings. The molecule has 0 radical (unpaired) electrons. The van der Waals surface area contributed by atoms with Crippen molar-refractivity contribution in [2.24, 2.45) is 0 Å². The maximum absolute atomic E-state index is 13.2. The third-order valence-corrected chi connectivity index (χ3v) is 7.09. The van der Waals surface area contributed by atoms with Gasteiger partial charge in [-0.25, -0.2) is 15.3 Å². The van der Waals surface area contributed by atoms with Gasteiger partial charge in [0.1, 0.15) is 5.82 Å². The molecule has 0 aliphatic carbocycles. The molecule has 0 saturated heterocycles. The fourth-order valence-electron chi connectivity index (χ4n) is 4.85. The van der Waals surface area contributed by atoms with Gasteiger partial charge in [0.25, 0.3) is 5.91 Å². The van der Waals surface area contributed by atoms with Gasteiger partial charge in [-0.1, -0.05) is 73.5 Å². The van der Waals surface area contributed by atoms with E-state index in [9.17, 15) is 19.5 Å². The zero-order valence-electron chi connectivity index (χ0n) is 23.0. The van der Waals surface area contributed by atoms with Gasteiger partial charge < -0.3 is 15.4 Å². The van der Waals surface area contributed by atoms with Gasteiger partial charge in [0, 0.05) is 17.4 Å². The molecule has 9 heteroatoms. The molecule has 4 aromatic carbocycles. The Morgan fingerprint density at radius 2 is 1.57 bits per heavy atom. The molecule has 1 aromatic heterocycles. The van der Waals surface area contributed by atoms with Crippen molar-refractivity contribution >= 4 is 39.6 Å². The highest BCUT2D eigenvalue weighted by Gasteiger charge is 2.20. The van der Waals surface area contributed by atoms with Crippen molar-refractivity contribution in [1.82, 2.24) is 20.8 Å². The molecule has 4 N–H and O–H groups in total. The van der Waals surface area contributed by atoms with E-state index in [1.54, 1.807) is 0 Å². The normalized spacial score (nSPS) is 11.8. The Balaban J connectivity index is 1.21. The number of amides is 2. The number of carboxylic acid groups (broad SMARTS) is 1. The average Bonchev–Trinajstić information content (AvgIpc) is 3.46. The number of carbonyl (C=O) groups excluding carboxylic acids is 2. The number of unbranched alkanes of at least 4 members (excludes halogenated alkanes) is 2. The largest absolute Gasteiger partial charge is 0.478 e. The number of benzene rings is 4. The fourth-order valence-corrected chi connectivity index (χ4v) is 4.85. The molecule has 0 spiro atoms. The lowest BCUT2D eigenvalue weighted by atomic mass is 10.1. The van der Waals surface area contributed by atoms with Gasteiger partial charge in [-0.3, -0.25) is 14.4 Å². The van der Waals surface area contributed by atoms with Crippen molar-refractivity contribution in [2.75, 3.05) is 0 Å². The molecule has 0 unspecified atom stereocenters. The van der Waals surface area contributed by atoms with E-state index in [2.05, 4.69) is 15.8 Å². The van der Waals surface area contributed by atoms with Crippen molar-refractivity contribution in [3.05, 3.63) is 114 Å².